The monoisotopic (exact) mass is 417 g/mol. The molecule has 1 aromatic carbocycles. The molecule has 12 heteroatoms. The third-order valence-electron chi connectivity index (χ3n) is 4.57. The van der Waals surface area contributed by atoms with E-state index in [9.17, 15) is 19.8 Å². The van der Waals surface area contributed by atoms with E-state index in [2.05, 4.69) is 15.0 Å². The van der Waals surface area contributed by atoms with Crippen molar-refractivity contribution < 1.29 is 29.2 Å². The smallest absolute Gasteiger partial charge is 0.344 e. The van der Waals surface area contributed by atoms with Crippen molar-refractivity contribution in [2.45, 2.75) is 24.5 Å². The number of rotatable bonds is 6. The molecule has 4 atom stereocenters. The van der Waals surface area contributed by atoms with E-state index in [0.29, 0.717) is 5.75 Å². The van der Waals surface area contributed by atoms with Gasteiger partial charge in [0.15, 0.2) is 24.0 Å². The number of fused-ring (bicyclic) bond motifs is 1. The number of H-pyrrole nitrogens is 1. The van der Waals surface area contributed by atoms with E-state index < -0.39 is 36.1 Å². The molecule has 1 aliphatic heterocycles. The van der Waals surface area contributed by atoms with Crippen molar-refractivity contribution >= 4 is 23.1 Å². The van der Waals surface area contributed by atoms with Gasteiger partial charge in [-0.3, -0.25) is 14.3 Å². The van der Waals surface area contributed by atoms with Crippen LogP contribution in [0, 0.1) is 0 Å². The number of benzene rings is 1. The van der Waals surface area contributed by atoms with Gasteiger partial charge in [-0.2, -0.15) is 4.98 Å². The van der Waals surface area contributed by atoms with E-state index in [-0.39, 0.29) is 30.3 Å². The maximum Gasteiger partial charge on any atom is 0.344 e. The molecule has 0 bridgehead atoms. The first-order valence-corrected chi connectivity index (χ1v) is 9.01. The SMILES string of the molecule is Nc1nc2c(ncn2[C@@H]2O[C@H](COC(=O)COc3ccccc3)[C@@H](O)[C@H]2O)c(=O)[nH]1. The second kappa shape index (κ2) is 8.10. The van der Waals surface area contributed by atoms with Crippen molar-refractivity contribution in [3.63, 3.8) is 0 Å². The maximum atomic E-state index is 11.9. The molecule has 2 aromatic heterocycles. The first kappa shape index (κ1) is 19.8. The highest BCUT2D eigenvalue weighted by Gasteiger charge is 2.45. The van der Waals surface area contributed by atoms with Gasteiger partial charge in [-0.25, -0.2) is 9.78 Å². The quantitative estimate of drug-likeness (QED) is 0.362. The Kier molecular flexibility index (Phi) is 5.35. The number of carbonyl (C=O) groups excluding carboxylic acids is 1. The standard InChI is InChI=1S/C18H19N5O7/c19-18-21-15-12(16(27)22-18)20-8-23(15)17-14(26)13(25)10(30-17)6-29-11(24)7-28-9-4-2-1-3-5-9/h1-5,8,10,13-14,17,25-26H,6-7H2,(H3,19,21,22,27)/t10-,13-,14-,17-/m1/s1. The van der Waals surface area contributed by atoms with Crippen LogP contribution < -0.4 is 16.0 Å². The Morgan fingerprint density at radius 3 is 2.80 bits per heavy atom. The minimum Gasteiger partial charge on any atom is -0.482 e. The van der Waals surface area contributed by atoms with Gasteiger partial charge in [0, 0.05) is 0 Å². The Balaban J connectivity index is 1.40. The van der Waals surface area contributed by atoms with Crippen LogP contribution in [0.5, 0.6) is 5.75 Å². The zero-order valence-electron chi connectivity index (χ0n) is 15.5. The second-order valence-corrected chi connectivity index (χ2v) is 6.61. The highest BCUT2D eigenvalue weighted by molar-refractivity contribution is 5.71. The molecule has 0 radical (unpaired) electrons. The molecule has 3 heterocycles. The number of aromatic nitrogens is 4. The lowest BCUT2D eigenvalue weighted by Crippen LogP contribution is -2.34. The molecule has 0 unspecified atom stereocenters. The lowest BCUT2D eigenvalue weighted by Gasteiger charge is -2.16. The molecule has 158 valence electrons. The van der Waals surface area contributed by atoms with Gasteiger partial charge in [0.2, 0.25) is 5.95 Å². The van der Waals surface area contributed by atoms with E-state index in [4.69, 9.17) is 19.9 Å². The number of carbonyl (C=O) groups is 1. The Hall–Kier alpha value is -3.48. The van der Waals surface area contributed by atoms with Crippen LogP contribution in [0.15, 0.2) is 41.5 Å². The minimum atomic E-state index is -1.38. The Bertz CT molecular complexity index is 1100. The summed E-state index contributed by atoms with van der Waals surface area (Å²) in [6.07, 6.45) is -3.61. The van der Waals surface area contributed by atoms with Crippen molar-refractivity contribution in [2.75, 3.05) is 18.9 Å². The van der Waals surface area contributed by atoms with E-state index in [1.807, 2.05) is 6.07 Å². The number of aliphatic hydroxyl groups is 2. The maximum absolute atomic E-state index is 11.9. The van der Waals surface area contributed by atoms with Crippen LogP contribution in [-0.2, 0) is 14.3 Å². The Morgan fingerprint density at radius 2 is 2.03 bits per heavy atom. The summed E-state index contributed by atoms with van der Waals surface area (Å²) in [7, 11) is 0. The molecule has 0 saturated carbocycles. The van der Waals surface area contributed by atoms with Gasteiger partial charge in [0.05, 0.1) is 6.33 Å². The van der Waals surface area contributed by atoms with Crippen LogP contribution in [0.3, 0.4) is 0 Å². The Morgan fingerprint density at radius 1 is 1.27 bits per heavy atom. The number of nitrogens with zero attached hydrogens (tertiary/aromatic N) is 3. The number of aromatic amines is 1. The van der Waals surface area contributed by atoms with E-state index in [0.717, 1.165) is 0 Å². The summed E-state index contributed by atoms with van der Waals surface area (Å²) in [5.41, 5.74) is 5.10. The first-order valence-electron chi connectivity index (χ1n) is 9.01. The van der Waals surface area contributed by atoms with Gasteiger partial charge >= 0.3 is 5.97 Å². The lowest BCUT2D eigenvalue weighted by molar-refractivity contribution is -0.152. The summed E-state index contributed by atoms with van der Waals surface area (Å²) in [5, 5.41) is 20.7. The number of nitrogens with one attached hydrogen (secondary N) is 1. The molecule has 12 nitrogen and oxygen atoms in total. The highest BCUT2D eigenvalue weighted by atomic mass is 16.6. The molecule has 1 saturated heterocycles. The van der Waals surface area contributed by atoms with Crippen molar-refractivity contribution in [1.82, 2.24) is 19.5 Å². The number of ether oxygens (including phenoxy) is 3. The third-order valence-corrected chi connectivity index (χ3v) is 4.57. The molecular weight excluding hydrogens is 398 g/mol. The van der Waals surface area contributed by atoms with Gasteiger partial charge in [0.25, 0.3) is 5.56 Å². The number of hydrogen-bond donors (Lipinski definition) is 4. The van der Waals surface area contributed by atoms with Crippen molar-refractivity contribution in [3.8, 4) is 5.75 Å². The van der Waals surface area contributed by atoms with Crippen LogP contribution in [0.2, 0.25) is 0 Å². The molecule has 0 aliphatic carbocycles. The Labute approximate surface area is 168 Å². The summed E-state index contributed by atoms with van der Waals surface area (Å²) < 4.78 is 17.3. The predicted molar refractivity (Wildman–Crippen MR) is 101 cm³/mol. The number of anilines is 1. The average Bonchev–Trinajstić information content (AvgIpc) is 3.27. The topological polar surface area (TPSA) is 175 Å². The molecule has 4 rings (SSSR count). The molecule has 1 aliphatic rings. The van der Waals surface area contributed by atoms with Gasteiger partial charge < -0.3 is 30.2 Å². The molecule has 30 heavy (non-hydrogen) atoms. The van der Waals surface area contributed by atoms with Crippen LogP contribution in [0.1, 0.15) is 6.23 Å². The van der Waals surface area contributed by atoms with E-state index in [1.54, 1.807) is 24.3 Å². The fourth-order valence-corrected chi connectivity index (χ4v) is 3.10. The normalized spacial score (nSPS) is 23.5. The molecule has 1 fully saturated rings. The number of imidazole rings is 1. The van der Waals surface area contributed by atoms with Crippen LogP contribution >= 0.6 is 0 Å². The molecular formula is C18H19N5O7. The lowest BCUT2D eigenvalue weighted by atomic mass is 10.1. The summed E-state index contributed by atoms with van der Waals surface area (Å²) in [6.45, 7) is -0.633. The number of nitrogen functional groups attached to an aromatic ring is 1. The number of aliphatic hydroxyl groups excluding tert-OH is 2. The molecule has 3 aromatic rings. The zero-order valence-corrected chi connectivity index (χ0v) is 15.5. The summed E-state index contributed by atoms with van der Waals surface area (Å²) in [6, 6.07) is 8.73. The fourth-order valence-electron chi connectivity index (χ4n) is 3.10. The summed E-state index contributed by atoms with van der Waals surface area (Å²) in [4.78, 5) is 34.1. The second-order valence-electron chi connectivity index (χ2n) is 6.61. The summed E-state index contributed by atoms with van der Waals surface area (Å²) in [5.74, 6) is -0.288. The summed E-state index contributed by atoms with van der Waals surface area (Å²) >= 11 is 0. The number of hydrogen-bond acceptors (Lipinski definition) is 10. The molecule has 0 spiro atoms. The molecule has 0 amide bonds. The van der Waals surface area contributed by atoms with Crippen LogP contribution in [0.4, 0.5) is 5.95 Å². The number of esters is 1. The molecule has 5 N–H and O–H groups in total. The predicted octanol–water partition coefficient (Wildman–Crippen LogP) is -1.06. The van der Waals surface area contributed by atoms with Crippen LogP contribution in [0.25, 0.3) is 11.2 Å². The largest absolute Gasteiger partial charge is 0.482 e. The number of nitrogens with two attached hydrogens (primary N) is 1. The van der Waals surface area contributed by atoms with E-state index in [1.165, 1.54) is 10.9 Å². The van der Waals surface area contributed by atoms with Gasteiger partial charge in [0.1, 0.15) is 30.7 Å². The minimum absolute atomic E-state index is 0.00225. The van der Waals surface area contributed by atoms with Crippen molar-refractivity contribution in [2.24, 2.45) is 0 Å². The van der Waals surface area contributed by atoms with Crippen LogP contribution in [-0.4, -0.2) is 67.2 Å². The highest BCUT2D eigenvalue weighted by Crippen LogP contribution is 2.31. The van der Waals surface area contributed by atoms with E-state index >= 15 is 0 Å². The van der Waals surface area contributed by atoms with Gasteiger partial charge in [-0.15, -0.1) is 0 Å². The van der Waals surface area contributed by atoms with Crippen molar-refractivity contribution in [3.05, 3.63) is 47.0 Å². The van der Waals surface area contributed by atoms with Gasteiger partial charge in [-0.1, -0.05) is 18.2 Å². The fraction of sp³-hybridized carbons (Fsp3) is 0.333. The third kappa shape index (κ3) is 3.83. The van der Waals surface area contributed by atoms with Gasteiger partial charge in [-0.05, 0) is 12.1 Å². The zero-order chi connectivity index (χ0) is 21.3. The number of para-hydroxylation sites is 1. The van der Waals surface area contributed by atoms with Crippen molar-refractivity contribution in [1.29, 1.82) is 0 Å². The average molecular weight is 417 g/mol. The first-order chi connectivity index (χ1) is 14.4.